The van der Waals surface area contributed by atoms with Crippen molar-refractivity contribution in [2.24, 2.45) is 0 Å². The maximum atomic E-state index is 12.2. The van der Waals surface area contributed by atoms with E-state index in [1.54, 1.807) is 18.2 Å². The van der Waals surface area contributed by atoms with Crippen LogP contribution in [0.5, 0.6) is 5.75 Å². The van der Waals surface area contributed by atoms with Gasteiger partial charge in [0, 0.05) is 6.54 Å². The molecule has 0 spiro atoms. The molecule has 6 nitrogen and oxygen atoms in total. The first-order valence-electron chi connectivity index (χ1n) is 6.68. The zero-order valence-electron chi connectivity index (χ0n) is 11.8. The Labute approximate surface area is 128 Å². The molecule has 1 aromatic carbocycles. The van der Waals surface area contributed by atoms with Gasteiger partial charge in [0.25, 0.3) is 0 Å². The highest BCUT2D eigenvalue weighted by Gasteiger charge is 2.28. The number of hydrogen-bond acceptors (Lipinski definition) is 5. The maximum Gasteiger partial charge on any atom is 0.422 e. The average molecular weight is 323 g/mol. The molecule has 23 heavy (non-hydrogen) atoms. The Kier molecular flexibility index (Phi) is 4.00. The largest absolute Gasteiger partial charge is 0.484 e. The average Bonchev–Trinajstić information content (AvgIpc) is 3.00. The Hall–Kier alpha value is -2.84. The first-order chi connectivity index (χ1) is 11.0. The van der Waals surface area contributed by atoms with Crippen molar-refractivity contribution in [1.29, 1.82) is 0 Å². The van der Waals surface area contributed by atoms with E-state index in [4.69, 9.17) is 4.74 Å². The number of fused-ring (bicyclic) bond motifs is 1. The number of H-pyrrole nitrogens is 1. The number of ether oxygens (including phenoxy) is 1. The van der Waals surface area contributed by atoms with Crippen LogP contribution in [-0.4, -0.2) is 32.7 Å². The molecule has 0 unspecified atom stereocenters. The normalized spacial score (nSPS) is 11.6. The molecular formula is C14H12F3N5O. The third-order valence-corrected chi connectivity index (χ3v) is 2.98. The first-order valence-corrected chi connectivity index (χ1v) is 6.68. The zero-order valence-corrected chi connectivity index (χ0v) is 11.8. The molecule has 9 heteroatoms. The Bertz CT molecular complexity index is 802. The van der Waals surface area contributed by atoms with Crippen molar-refractivity contribution in [2.75, 3.05) is 11.9 Å². The number of aromatic nitrogens is 4. The number of nitrogens with zero attached hydrogens (tertiary/aromatic N) is 3. The van der Waals surface area contributed by atoms with Gasteiger partial charge in [0.05, 0.1) is 6.33 Å². The van der Waals surface area contributed by atoms with Gasteiger partial charge in [0.1, 0.15) is 17.6 Å². The van der Waals surface area contributed by atoms with Crippen molar-refractivity contribution in [3.05, 3.63) is 42.5 Å². The topological polar surface area (TPSA) is 75.7 Å². The molecule has 0 aliphatic heterocycles. The third-order valence-electron chi connectivity index (χ3n) is 2.98. The van der Waals surface area contributed by atoms with Crippen LogP contribution in [0.2, 0.25) is 0 Å². The van der Waals surface area contributed by atoms with Crippen molar-refractivity contribution in [2.45, 2.75) is 12.7 Å². The standard InChI is InChI=1S/C14H12F3N5O/c15-14(16,17)6-23-10-3-1-2-9(4-10)5-18-12-11-13(20-7-19-11)22-8-21-12/h1-4,7-8H,5-6H2,(H2,18,19,20,21,22). The summed E-state index contributed by atoms with van der Waals surface area (Å²) >= 11 is 0. The third kappa shape index (κ3) is 3.87. The van der Waals surface area contributed by atoms with Gasteiger partial charge in [-0.2, -0.15) is 13.2 Å². The van der Waals surface area contributed by atoms with Gasteiger partial charge >= 0.3 is 6.18 Å². The van der Waals surface area contributed by atoms with E-state index in [2.05, 4.69) is 25.3 Å². The lowest BCUT2D eigenvalue weighted by Crippen LogP contribution is -2.19. The molecule has 0 aliphatic carbocycles. The van der Waals surface area contributed by atoms with E-state index in [1.165, 1.54) is 18.7 Å². The number of halogens is 3. The predicted molar refractivity (Wildman–Crippen MR) is 77.0 cm³/mol. The zero-order chi connectivity index (χ0) is 16.3. The molecular weight excluding hydrogens is 311 g/mol. The van der Waals surface area contributed by atoms with Crippen molar-refractivity contribution < 1.29 is 17.9 Å². The molecule has 0 saturated heterocycles. The van der Waals surface area contributed by atoms with Gasteiger partial charge in [0.2, 0.25) is 0 Å². The highest BCUT2D eigenvalue weighted by molar-refractivity contribution is 5.81. The van der Waals surface area contributed by atoms with E-state index in [0.29, 0.717) is 23.5 Å². The van der Waals surface area contributed by atoms with Crippen LogP contribution in [0.4, 0.5) is 19.0 Å². The number of imidazole rings is 1. The fraction of sp³-hybridized carbons (Fsp3) is 0.214. The van der Waals surface area contributed by atoms with Crippen LogP contribution in [0.15, 0.2) is 36.9 Å². The van der Waals surface area contributed by atoms with E-state index >= 15 is 0 Å². The quantitative estimate of drug-likeness (QED) is 0.755. The van der Waals surface area contributed by atoms with Gasteiger partial charge in [-0.3, -0.25) is 0 Å². The summed E-state index contributed by atoms with van der Waals surface area (Å²) < 4.78 is 41.2. The summed E-state index contributed by atoms with van der Waals surface area (Å²) in [6.07, 6.45) is -1.47. The van der Waals surface area contributed by atoms with E-state index in [9.17, 15) is 13.2 Å². The summed E-state index contributed by atoms with van der Waals surface area (Å²) in [5, 5.41) is 3.09. The Morgan fingerprint density at radius 2 is 2.04 bits per heavy atom. The van der Waals surface area contributed by atoms with E-state index in [-0.39, 0.29) is 5.75 Å². The summed E-state index contributed by atoms with van der Waals surface area (Å²) in [6.45, 7) is -0.946. The Morgan fingerprint density at radius 1 is 1.17 bits per heavy atom. The number of alkyl halides is 3. The summed E-state index contributed by atoms with van der Waals surface area (Å²) in [5.41, 5.74) is 1.96. The van der Waals surface area contributed by atoms with Crippen molar-refractivity contribution in [3.63, 3.8) is 0 Å². The summed E-state index contributed by atoms with van der Waals surface area (Å²) in [7, 11) is 0. The van der Waals surface area contributed by atoms with Gasteiger partial charge < -0.3 is 15.0 Å². The first kappa shape index (κ1) is 15.1. The van der Waals surface area contributed by atoms with Crippen molar-refractivity contribution in [1.82, 2.24) is 19.9 Å². The number of rotatable bonds is 5. The van der Waals surface area contributed by atoms with Gasteiger partial charge in [-0.15, -0.1) is 0 Å². The molecule has 0 amide bonds. The lowest BCUT2D eigenvalue weighted by atomic mass is 10.2. The molecule has 0 atom stereocenters. The molecule has 0 fully saturated rings. The summed E-state index contributed by atoms with van der Waals surface area (Å²) in [6, 6.07) is 6.43. The monoisotopic (exact) mass is 323 g/mol. The second kappa shape index (κ2) is 6.11. The van der Waals surface area contributed by atoms with Gasteiger partial charge in [-0.05, 0) is 17.7 Å². The van der Waals surface area contributed by atoms with Crippen LogP contribution in [0.1, 0.15) is 5.56 Å². The number of anilines is 1. The molecule has 3 aromatic rings. The van der Waals surface area contributed by atoms with E-state index in [0.717, 1.165) is 5.56 Å². The van der Waals surface area contributed by atoms with E-state index in [1.807, 2.05) is 0 Å². The van der Waals surface area contributed by atoms with Gasteiger partial charge in [0.15, 0.2) is 18.1 Å². The second-order valence-corrected chi connectivity index (χ2v) is 4.73. The summed E-state index contributed by atoms with van der Waals surface area (Å²) in [4.78, 5) is 15.1. The highest BCUT2D eigenvalue weighted by atomic mass is 19.4. The predicted octanol–water partition coefficient (Wildman–Crippen LogP) is 2.91. The number of hydrogen-bond donors (Lipinski definition) is 2. The Balaban J connectivity index is 1.67. The highest BCUT2D eigenvalue weighted by Crippen LogP contribution is 2.20. The van der Waals surface area contributed by atoms with Gasteiger partial charge in [-0.1, -0.05) is 12.1 Å². The number of nitrogens with one attached hydrogen (secondary N) is 2. The minimum atomic E-state index is -4.36. The minimum absolute atomic E-state index is 0.163. The second-order valence-electron chi connectivity index (χ2n) is 4.73. The lowest BCUT2D eigenvalue weighted by Gasteiger charge is -2.11. The molecule has 0 aliphatic rings. The van der Waals surface area contributed by atoms with Crippen LogP contribution in [0.3, 0.4) is 0 Å². The minimum Gasteiger partial charge on any atom is -0.484 e. The molecule has 2 N–H and O–H groups in total. The Morgan fingerprint density at radius 3 is 2.87 bits per heavy atom. The summed E-state index contributed by atoms with van der Waals surface area (Å²) in [5.74, 6) is 0.727. The van der Waals surface area contributed by atoms with E-state index < -0.39 is 12.8 Å². The van der Waals surface area contributed by atoms with Crippen LogP contribution in [-0.2, 0) is 6.54 Å². The van der Waals surface area contributed by atoms with Crippen LogP contribution in [0.25, 0.3) is 11.2 Å². The van der Waals surface area contributed by atoms with Crippen molar-refractivity contribution >= 4 is 17.0 Å². The van der Waals surface area contributed by atoms with Crippen LogP contribution >= 0.6 is 0 Å². The fourth-order valence-electron chi connectivity index (χ4n) is 2.00. The molecule has 120 valence electrons. The van der Waals surface area contributed by atoms with Gasteiger partial charge in [-0.25, -0.2) is 15.0 Å². The molecule has 0 radical (unpaired) electrons. The molecule has 0 saturated carbocycles. The SMILES string of the molecule is FC(F)(F)COc1cccc(CNc2ncnc3nc[nH]c23)c1. The van der Waals surface area contributed by atoms with Crippen LogP contribution < -0.4 is 10.1 Å². The lowest BCUT2D eigenvalue weighted by molar-refractivity contribution is -0.153. The molecule has 0 bridgehead atoms. The molecule has 2 heterocycles. The van der Waals surface area contributed by atoms with Crippen LogP contribution in [0, 0.1) is 0 Å². The maximum absolute atomic E-state index is 12.2. The van der Waals surface area contributed by atoms with Crippen molar-refractivity contribution in [3.8, 4) is 5.75 Å². The molecule has 3 rings (SSSR count). The number of aromatic amines is 1. The molecule has 2 aromatic heterocycles. The fourth-order valence-corrected chi connectivity index (χ4v) is 2.00. The number of benzene rings is 1. The smallest absolute Gasteiger partial charge is 0.422 e.